The van der Waals surface area contributed by atoms with Gasteiger partial charge in [0.25, 0.3) is 0 Å². The molecule has 0 saturated heterocycles. The third kappa shape index (κ3) is 5.06. The summed E-state index contributed by atoms with van der Waals surface area (Å²) in [7, 11) is 1.29. The third-order valence-electron chi connectivity index (χ3n) is 4.32. The fourth-order valence-electron chi connectivity index (χ4n) is 2.98. The van der Waals surface area contributed by atoms with Crippen LogP contribution in [0.2, 0.25) is 0 Å². The Kier molecular flexibility index (Phi) is 6.59. The van der Waals surface area contributed by atoms with Crippen molar-refractivity contribution in [1.29, 1.82) is 0 Å². The van der Waals surface area contributed by atoms with E-state index in [1.54, 1.807) is 0 Å². The largest absolute Gasteiger partial charge is 0.468 e. The van der Waals surface area contributed by atoms with Crippen molar-refractivity contribution in [2.75, 3.05) is 13.7 Å². The van der Waals surface area contributed by atoms with Crippen LogP contribution in [0.3, 0.4) is 0 Å². The number of amides is 1. The van der Waals surface area contributed by atoms with Crippen molar-refractivity contribution in [3.05, 3.63) is 35.4 Å². The fraction of sp³-hybridized carbons (Fsp3) is 0.556. The van der Waals surface area contributed by atoms with Gasteiger partial charge in [0.05, 0.1) is 19.8 Å². The highest BCUT2D eigenvalue weighted by Gasteiger charge is 2.29. The molecule has 5 heteroatoms. The number of rotatable bonds is 2. The first kappa shape index (κ1) is 17.5. The van der Waals surface area contributed by atoms with Crippen LogP contribution in [0.25, 0.3) is 0 Å². The molecule has 1 amide bonds. The van der Waals surface area contributed by atoms with Gasteiger partial charge in [0, 0.05) is 0 Å². The van der Waals surface area contributed by atoms with E-state index in [1.807, 2.05) is 12.1 Å². The van der Waals surface area contributed by atoms with Crippen molar-refractivity contribution < 1.29 is 19.4 Å². The molecule has 1 aliphatic heterocycles. The Morgan fingerprint density at radius 3 is 2.83 bits per heavy atom. The van der Waals surface area contributed by atoms with Gasteiger partial charge in [-0.15, -0.1) is 0 Å². The number of hydrogen-bond acceptors (Lipinski definition) is 4. The molecule has 1 aromatic carbocycles. The topological polar surface area (TPSA) is 75.6 Å². The summed E-state index contributed by atoms with van der Waals surface area (Å²) in [6.45, 7) is -0.118. The lowest BCUT2D eigenvalue weighted by Gasteiger charge is -2.20. The molecule has 2 bridgehead atoms. The number of nitrogens with one attached hydrogen (secondary N) is 1. The van der Waals surface area contributed by atoms with Crippen LogP contribution in [-0.4, -0.2) is 36.7 Å². The second kappa shape index (κ2) is 8.67. The summed E-state index contributed by atoms with van der Waals surface area (Å²) in [6, 6.07) is 7.72. The number of aliphatic hydroxyl groups excluding tert-OH is 1. The highest BCUT2D eigenvalue weighted by molar-refractivity contribution is 5.98. The van der Waals surface area contributed by atoms with E-state index in [4.69, 9.17) is 4.74 Å². The molecular formula is C18H25NO4. The van der Waals surface area contributed by atoms with Crippen molar-refractivity contribution in [2.45, 2.75) is 44.6 Å². The van der Waals surface area contributed by atoms with Crippen LogP contribution >= 0.6 is 0 Å². The van der Waals surface area contributed by atoms with Gasteiger partial charge in [-0.05, 0) is 36.8 Å². The second-order valence-corrected chi connectivity index (χ2v) is 6.09. The minimum atomic E-state index is -0.884. The summed E-state index contributed by atoms with van der Waals surface area (Å²) in [5.41, 5.74) is 2.18. The first-order valence-electron chi connectivity index (χ1n) is 8.21. The number of fused-ring (bicyclic) bond motifs is 2. The van der Waals surface area contributed by atoms with Crippen LogP contribution in [0.1, 0.15) is 36.8 Å². The summed E-state index contributed by atoms with van der Waals surface area (Å²) in [5.74, 6) is -1.80. The fourth-order valence-corrected chi connectivity index (χ4v) is 2.98. The molecule has 5 nitrogen and oxygen atoms in total. The lowest BCUT2D eigenvalue weighted by atomic mass is 9.96. The van der Waals surface area contributed by atoms with Crippen molar-refractivity contribution in [1.82, 2.24) is 5.32 Å². The monoisotopic (exact) mass is 319 g/mol. The van der Waals surface area contributed by atoms with E-state index < -0.39 is 11.9 Å². The van der Waals surface area contributed by atoms with Crippen LogP contribution < -0.4 is 5.32 Å². The molecule has 0 radical (unpaired) electrons. The first-order chi connectivity index (χ1) is 11.1. The number of benzene rings is 1. The molecule has 0 aromatic heterocycles. The standard InChI is InChI=1S/C18H25NO4/c1-23-18(22)16-11-14-8-5-7-13(10-14)6-3-2-4-9-15(12-20)19-17(16)21/h5,7-8,10,15-16,20H,2-4,6,9,11-12H2,1H3,(H,19,21)/t15-,16?/m0/s1. The second-order valence-electron chi connectivity index (χ2n) is 6.09. The van der Waals surface area contributed by atoms with E-state index in [0.717, 1.165) is 31.2 Å². The zero-order valence-electron chi connectivity index (χ0n) is 13.6. The molecular weight excluding hydrogens is 294 g/mol. The first-order valence-corrected chi connectivity index (χ1v) is 8.21. The molecule has 2 N–H and O–H groups in total. The smallest absolute Gasteiger partial charge is 0.318 e. The molecule has 1 aliphatic rings. The summed E-state index contributed by atoms with van der Waals surface area (Å²) >= 11 is 0. The maximum Gasteiger partial charge on any atom is 0.318 e. The number of esters is 1. The number of carbonyl (C=O) groups is 2. The van der Waals surface area contributed by atoms with Crippen LogP contribution in [0.4, 0.5) is 0 Å². The average Bonchev–Trinajstić information content (AvgIpc) is 2.57. The number of aryl methyl sites for hydroxylation is 1. The van der Waals surface area contributed by atoms with Crippen LogP contribution in [-0.2, 0) is 27.2 Å². The zero-order valence-corrected chi connectivity index (χ0v) is 13.6. The SMILES string of the molecule is COC(=O)C1Cc2cccc(c2)CCCCC[C@@H](CO)NC1=O. The molecule has 1 aromatic rings. The molecule has 2 atom stereocenters. The number of hydrogen-bond donors (Lipinski definition) is 2. The van der Waals surface area contributed by atoms with Gasteiger partial charge in [0.2, 0.25) is 5.91 Å². The predicted molar refractivity (Wildman–Crippen MR) is 86.8 cm³/mol. The van der Waals surface area contributed by atoms with E-state index in [1.165, 1.54) is 12.7 Å². The molecule has 1 heterocycles. The molecule has 0 spiro atoms. The number of methoxy groups -OCH3 is 1. The number of carbonyl (C=O) groups excluding carboxylic acids is 2. The Hall–Kier alpha value is -1.88. The van der Waals surface area contributed by atoms with Gasteiger partial charge >= 0.3 is 5.97 Å². The minimum Gasteiger partial charge on any atom is -0.468 e. The Morgan fingerprint density at radius 2 is 2.09 bits per heavy atom. The number of ether oxygens (including phenoxy) is 1. The van der Waals surface area contributed by atoms with E-state index >= 15 is 0 Å². The quantitative estimate of drug-likeness (QED) is 0.641. The van der Waals surface area contributed by atoms with Crippen molar-refractivity contribution in [3.63, 3.8) is 0 Å². The van der Waals surface area contributed by atoms with Gasteiger partial charge in [-0.2, -0.15) is 0 Å². The maximum absolute atomic E-state index is 12.5. The molecule has 0 aliphatic carbocycles. The van der Waals surface area contributed by atoms with Gasteiger partial charge in [-0.25, -0.2) is 0 Å². The normalized spacial score (nSPS) is 23.0. The van der Waals surface area contributed by atoms with E-state index in [9.17, 15) is 14.7 Å². The minimum absolute atomic E-state index is 0.118. The molecule has 23 heavy (non-hydrogen) atoms. The summed E-state index contributed by atoms with van der Waals surface area (Å²) in [5, 5.41) is 12.2. The van der Waals surface area contributed by atoms with E-state index in [0.29, 0.717) is 12.8 Å². The van der Waals surface area contributed by atoms with Gasteiger partial charge in [-0.3, -0.25) is 9.59 Å². The van der Waals surface area contributed by atoms with Crippen molar-refractivity contribution in [2.24, 2.45) is 5.92 Å². The molecule has 1 unspecified atom stereocenters. The van der Waals surface area contributed by atoms with Crippen LogP contribution in [0.15, 0.2) is 24.3 Å². The summed E-state index contributed by atoms with van der Waals surface area (Å²) < 4.78 is 4.79. The van der Waals surface area contributed by atoms with Gasteiger partial charge in [0.1, 0.15) is 5.92 Å². The third-order valence-corrected chi connectivity index (χ3v) is 4.32. The summed E-state index contributed by atoms with van der Waals surface area (Å²) in [4.78, 5) is 24.5. The van der Waals surface area contributed by atoms with Crippen molar-refractivity contribution >= 4 is 11.9 Å². The van der Waals surface area contributed by atoms with Gasteiger partial charge in [-0.1, -0.05) is 37.1 Å². The zero-order chi connectivity index (χ0) is 16.7. The molecule has 126 valence electrons. The lowest BCUT2D eigenvalue weighted by molar-refractivity contribution is -0.150. The predicted octanol–water partition coefficient (Wildman–Crippen LogP) is 1.61. The van der Waals surface area contributed by atoms with Crippen molar-refractivity contribution in [3.8, 4) is 0 Å². The molecule has 0 fully saturated rings. The lowest BCUT2D eigenvalue weighted by Crippen LogP contribution is -2.44. The Bertz CT molecular complexity index is 544. The van der Waals surface area contributed by atoms with E-state index in [-0.39, 0.29) is 18.6 Å². The van der Waals surface area contributed by atoms with Gasteiger partial charge in [0.15, 0.2) is 0 Å². The van der Waals surface area contributed by atoms with E-state index in [2.05, 4.69) is 17.4 Å². The average molecular weight is 319 g/mol. The highest BCUT2D eigenvalue weighted by Crippen LogP contribution is 2.17. The molecule has 0 saturated carbocycles. The number of aliphatic hydroxyl groups is 1. The molecule has 2 rings (SSSR count). The Morgan fingerprint density at radius 1 is 1.30 bits per heavy atom. The highest BCUT2D eigenvalue weighted by atomic mass is 16.5. The Balaban J connectivity index is 2.25. The van der Waals surface area contributed by atoms with Crippen LogP contribution in [0.5, 0.6) is 0 Å². The van der Waals surface area contributed by atoms with Gasteiger partial charge < -0.3 is 15.2 Å². The Labute approximate surface area is 137 Å². The van der Waals surface area contributed by atoms with Crippen LogP contribution in [0, 0.1) is 5.92 Å². The summed E-state index contributed by atoms with van der Waals surface area (Å²) in [6.07, 6.45) is 5.08. The maximum atomic E-state index is 12.5.